The maximum absolute atomic E-state index is 12.4. The van der Waals surface area contributed by atoms with Gasteiger partial charge in [0.05, 0.1) is 24.0 Å². The first-order valence-corrected chi connectivity index (χ1v) is 14.9. The SMILES string of the molecule is C=CC(=O)OCC(COC)(COC(=O)C=C)COC(=O)CCCCCCCC(=O)OCC(COC)(COC(=O)C=C)COC(=O)C=C. The van der Waals surface area contributed by atoms with E-state index < -0.39 is 46.6 Å². The predicted octanol–water partition coefficient (Wildman–Crippen LogP) is 2.99. The molecule has 0 N–H and O–H groups in total. The van der Waals surface area contributed by atoms with Crippen LogP contribution in [0.4, 0.5) is 0 Å². The third kappa shape index (κ3) is 19.7. The lowest BCUT2D eigenvalue weighted by atomic mass is 9.92. The molecule has 0 radical (unpaired) electrons. The van der Waals surface area contributed by atoms with Gasteiger partial charge < -0.3 is 37.9 Å². The van der Waals surface area contributed by atoms with E-state index in [2.05, 4.69) is 26.3 Å². The highest BCUT2D eigenvalue weighted by atomic mass is 16.6. The summed E-state index contributed by atoms with van der Waals surface area (Å²) in [6.45, 7) is 11.9. The van der Waals surface area contributed by atoms with Crippen molar-refractivity contribution in [3.63, 3.8) is 0 Å². The molecule has 0 aliphatic heterocycles. The summed E-state index contributed by atoms with van der Waals surface area (Å²) in [6, 6.07) is 0. The molecule has 0 saturated heterocycles. The van der Waals surface area contributed by atoms with Crippen molar-refractivity contribution in [1.82, 2.24) is 0 Å². The lowest BCUT2D eigenvalue weighted by Gasteiger charge is -2.31. The summed E-state index contributed by atoms with van der Waals surface area (Å²) in [6.07, 6.45) is 7.37. The van der Waals surface area contributed by atoms with Crippen LogP contribution < -0.4 is 0 Å². The maximum Gasteiger partial charge on any atom is 0.330 e. The lowest BCUT2D eigenvalue weighted by molar-refractivity contribution is -0.165. The van der Waals surface area contributed by atoms with Crippen LogP contribution in [0.2, 0.25) is 0 Å². The number of unbranched alkanes of at least 4 members (excludes halogenated alkanes) is 4. The van der Waals surface area contributed by atoms with E-state index in [0.29, 0.717) is 25.7 Å². The standard InChI is InChI=1S/C33H48O14/c1-7-26(34)42-20-32(18-40-5,21-43-27(35)8-2)24-46-30(38)16-14-12-11-13-15-17-31(39)47-25-33(19-41-6,22-44-28(36)9-3)23-45-29(37)10-4/h7-10H,1-4,11-25H2,5-6H3. The van der Waals surface area contributed by atoms with Gasteiger partial charge >= 0.3 is 35.8 Å². The van der Waals surface area contributed by atoms with Gasteiger partial charge in [0.1, 0.15) is 39.6 Å². The zero-order valence-corrected chi connectivity index (χ0v) is 27.5. The second-order valence-corrected chi connectivity index (χ2v) is 10.7. The molecule has 0 saturated carbocycles. The van der Waals surface area contributed by atoms with Gasteiger partial charge in [0, 0.05) is 51.4 Å². The molecule has 0 aliphatic rings. The molecule has 0 heterocycles. The molecule has 0 bridgehead atoms. The second-order valence-electron chi connectivity index (χ2n) is 10.7. The number of carbonyl (C=O) groups excluding carboxylic acids is 6. The van der Waals surface area contributed by atoms with Crippen LogP contribution in [-0.4, -0.2) is 103 Å². The third-order valence-electron chi connectivity index (χ3n) is 6.49. The van der Waals surface area contributed by atoms with Gasteiger partial charge in [0.25, 0.3) is 0 Å². The second kappa shape index (κ2) is 24.9. The normalized spacial score (nSPS) is 10.9. The minimum atomic E-state index is -1.13. The summed E-state index contributed by atoms with van der Waals surface area (Å²) in [5.41, 5.74) is -2.27. The molecule has 0 unspecified atom stereocenters. The number of rotatable bonds is 28. The number of hydrogen-bond acceptors (Lipinski definition) is 14. The van der Waals surface area contributed by atoms with Gasteiger partial charge in [-0.05, 0) is 12.8 Å². The predicted molar refractivity (Wildman–Crippen MR) is 167 cm³/mol. The van der Waals surface area contributed by atoms with Gasteiger partial charge in [-0.25, -0.2) is 19.2 Å². The fourth-order valence-corrected chi connectivity index (χ4v) is 3.93. The first-order chi connectivity index (χ1) is 22.4. The summed E-state index contributed by atoms with van der Waals surface area (Å²) in [7, 11) is 2.81. The minimum Gasteiger partial charge on any atom is -0.465 e. The van der Waals surface area contributed by atoms with Crippen LogP contribution in [0.25, 0.3) is 0 Å². The quantitative estimate of drug-likeness (QED) is 0.0515. The number of hydrogen-bond donors (Lipinski definition) is 0. The summed E-state index contributed by atoms with van der Waals surface area (Å²) < 4.78 is 41.7. The Kier molecular flexibility index (Phi) is 22.6. The Morgan fingerprint density at radius 3 is 0.936 bits per heavy atom. The number of carbonyl (C=O) groups is 6. The Hall–Kier alpha value is -4.30. The Morgan fingerprint density at radius 1 is 0.426 bits per heavy atom. The van der Waals surface area contributed by atoms with Crippen molar-refractivity contribution in [2.45, 2.75) is 44.9 Å². The molecule has 0 rings (SSSR count). The van der Waals surface area contributed by atoms with Crippen molar-refractivity contribution in [2.75, 3.05) is 67.1 Å². The molecule has 0 spiro atoms. The molecule has 0 aromatic rings. The Morgan fingerprint density at radius 2 is 0.681 bits per heavy atom. The molecule has 0 amide bonds. The molecule has 0 fully saturated rings. The molecular weight excluding hydrogens is 620 g/mol. The van der Waals surface area contributed by atoms with Crippen LogP contribution in [0.1, 0.15) is 44.9 Å². The van der Waals surface area contributed by atoms with Crippen molar-refractivity contribution in [3.05, 3.63) is 50.6 Å². The zero-order valence-electron chi connectivity index (χ0n) is 27.5. The molecular formula is C33H48O14. The topological polar surface area (TPSA) is 176 Å². The van der Waals surface area contributed by atoms with Gasteiger partial charge in [-0.15, -0.1) is 0 Å². The summed E-state index contributed by atoms with van der Waals surface area (Å²) >= 11 is 0. The highest BCUT2D eigenvalue weighted by Crippen LogP contribution is 2.23. The van der Waals surface area contributed by atoms with Crippen LogP contribution in [0.15, 0.2) is 50.6 Å². The van der Waals surface area contributed by atoms with Crippen LogP contribution in [0.5, 0.6) is 0 Å². The van der Waals surface area contributed by atoms with Crippen LogP contribution in [-0.2, 0) is 66.7 Å². The average molecular weight is 669 g/mol. The van der Waals surface area contributed by atoms with E-state index in [-0.39, 0.29) is 65.7 Å². The maximum atomic E-state index is 12.4. The Labute approximate surface area is 276 Å². The largest absolute Gasteiger partial charge is 0.465 e. The van der Waals surface area contributed by atoms with Crippen molar-refractivity contribution >= 4 is 35.8 Å². The monoisotopic (exact) mass is 668 g/mol. The highest BCUT2D eigenvalue weighted by Gasteiger charge is 2.37. The fourth-order valence-electron chi connectivity index (χ4n) is 3.93. The van der Waals surface area contributed by atoms with E-state index in [1.54, 1.807) is 0 Å². The fraction of sp³-hybridized carbons (Fsp3) is 0.576. The lowest BCUT2D eigenvalue weighted by Crippen LogP contribution is -2.43. The van der Waals surface area contributed by atoms with Crippen LogP contribution >= 0.6 is 0 Å². The van der Waals surface area contributed by atoms with Gasteiger partial charge in [-0.1, -0.05) is 45.6 Å². The van der Waals surface area contributed by atoms with Gasteiger partial charge in [0.2, 0.25) is 0 Å². The van der Waals surface area contributed by atoms with E-state index in [9.17, 15) is 28.8 Å². The van der Waals surface area contributed by atoms with Crippen molar-refractivity contribution in [1.29, 1.82) is 0 Å². The zero-order chi connectivity index (χ0) is 35.6. The Balaban J connectivity index is 4.72. The molecule has 0 aromatic carbocycles. The van der Waals surface area contributed by atoms with Gasteiger partial charge in [-0.2, -0.15) is 0 Å². The molecule has 14 nitrogen and oxygen atoms in total. The summed E-state index contributed by atoms with van der Waals surface area (Å²) in [4.78, 5) is 71.3. The van der Waals surface area contributed by atoms with E-state index in [4.69, 9.17) is 37.9 Å². The van der Waals surface area contributed by atoms with Crippen LogP contribution in [0, 0.1) is 10.8 Å². The molecule has 264 valence electrons. The summed E-state index contributed by atoms with van der Waals surface area (Å²) in [5, 5.41) is 0. The van der Waals surface area contributed by atoms with Crippen LogP contribution in [0.3, 0.4) is 0 Å². The van der Waals surface area contributed by atoms with Crippen molar-refractivity contribution < 1.29 is 66.7 Å². The first kappa shape index (κ1) is 42.7. The molecule has 0 aromatic heterocycles. The third-order valence-corrected chi connectivity index (χ3v) is 6.49. The van der Waals surface area contributed by atoms with E-state index in [0.717, 1.165) is 30.7 Å². The molecule has 47 heavy (non-hydrogen) atoms. The van der Waals surface area contributed by atoms with Gasteiger partial charge in [0.15, 0.2) is 0 Å². The van der Waals surface area contributed by atoms with Crippen molar-refractivity contribution in [3.8, 4) is 0 Å². The summed E-state index contributed by atoms with van der Waals surface area (Å²) in [5.74, 6) is -3.77. The molecule has 0 atom stereocenters. The molecule has 14 heteroatoms. The van der Waals surface area contributed by atoms with Gasteiger partial charge in [-0.3, -0.25) is 9.59 Å². The minimum absolute atomic E-state index is 0.0313. The highest BCUT2D eigenvalue weighted by molar-refractivity contribution is 5.82. The van der Waals surface area contributed by atoms with E-state index in [1.165, 1.54) is 14.2 Å². The average Bonchev–Trinajstić information content (AvgIpc) is 3.08. The number of esters is 6. The Bertz CT molecular complexity index is 934. The van der Waals surface area contributed by atoms with Crippen molar-refractivity contribution in [2.24, 2.45) is 10.8 Å². The molecule has 0 aliphatic carbocycles. The van der Waals surface area contributed by atoms with E-state index in [1.807, 2.05) is 0 Å². The first-order valence-electron chi connectivity index (χ1n) is 14.9. The number of ether oxygens (including phenoxy) is 8. The smallest absolute Gasteiger partial charge is 0.330 e. The van der Waals surface area contributed by atoms with E-state index >= 15 is 0 Å². The number of methoxy groups -OCH3 is 2.